The molecular weight excluding hydrogens is 336 g/mol. The number of carbonyl (C=O) groups is 1. The lowest BCUT2D eigenvalue weighted by Gasteiger charge is -2.42. The van der Waals surface area contributed by atoms with Crippen LogP contribution in [0.1, 0.15) is 30.4 Å². The Bertz CT molecular complexity index is 758. The predicted molar refractivity (Wildman–Crippen MR) is 102 cm³/mol. The van der Waals surface area contributed by atoms with Crippen molar-refractivity contribution >= 4 is 23.3 Å². The van der Waals surface area contributed by atoms with Crippen LogP contribution >= 0.6 is 11.6 Å². The molecular formula is C20H23ClN2O2. The van der Waals surface area contributed by atoms with Crippen molar-refractivity contribution in [3.05, 3.63) is 58.6 Å². The third-order valence-electron chi connectivity index (χ3n) is 5.01. The van der Waals surface area contributed by atoms with Crippen LogP contribution in [0.2, 0.25) is 5.02 Å². The second-order valence-electron chi connectivity index (χ2n) is 6.61. The van der Waals surface area contributed by atoms with Gasteiger partial charge in [-0.25, -0.2) is 4.79 Å². The first kappa shape index (κ1) is 17.6. The number of nitrogens with one attached hydrogen (secondary N) is 2. The van der Waals surface area contributed by atoms with E-state index in [0.717, 1.165) is 18.4 Å². The third kappa shape index (κ3) is 3.74. The SMILES string of the molecule is COc1cc(Cl)c(C)cc1NC(=O)NCC1(c2ccccc2)CCC1. The Morgan fingerprint density at radius 2 is 1.96 bits per heavy atom. The zero-order valence-corrected chi connectivity index (χ0v) is 15.3. The average Bonchev–Trinajstić information content (AvgIpc) is 2.58. The minimum atomic E-state index is -0.234. The van der Waals surface area contributed by atoms with E-state index in [1.54, 1.807) is 13.2 Å². The first-order valence-electron chi connectivity index (χ1n) is 8.49. The first-order valence-corrected chi connectivity index (χ1v) is 8.86. The Morgan fingerprint density at radius 1 is 1.24 bits per heavy atom. The summed E-state index contributed by atoms with van der Waals surface area (Å²) in [4.78, 5) is 12.4. The van der Waals surface area contributed by atoms with E-state index >= 15 is 0 Å². The van der Waals surface area contributed by atoms with E-state index < -0.39 is 0 Å². The largest absolute Gasteiger partial charge is 0.495 e. The molecule has 2 amide bonds. The molecule has 0 saturated heterocycles. The monoisotopic (exact) mass is 358 g/mol. The molecule has 1 aliphatic carbocycles. The normalized spacial score (nSPS) is 15.2. The lowest BCUT2D eigenvalue weighted by molar-refractivity contribution is 0.222. The van der Waals surface area contributed by atoms with Crippen LogP contribution in [0.25, 0.3) is 0 Å². The molecule has 0 radical (unpaired) electrons. The first-order chi connectivity index (χ1) is 12.0. The predicted octanol–water partition coefficient (Wildman–Crippen LogP) is 4.90. The molecule has 1 fully saturated rings. The van der Waals surface area contributed by atoms with Crippen LogP contribution in [-0.2, 0) is 5.41 Å². The molecule has 0 bridgehead atoms. The van der Waals surface area contributed by atoms with Gasteiger partial charge >= 0.3 is 6.03 Å². The lowest BCUT2D eigenvalue weighted by atomic mass is 9.64. The molecule has 1 aliphatic rings. The quantitative estimate of drug-likeness (QED) is 0.798. The fourth-order valence-electron chi connectivity index (χ4n) is 3.31. The van der Waals surface area contributed by atoms with E-state index in [1.165, 1.54) is 12.0 Å². The number of hydrogen-bond donors (Lipinski definition) is 2. The second-order valence-corrected chi connectivity index (χ2v) is 7.02. The molecule has 1 saturated carbocycles. The highest BCUT2D eigenvalue weighted by atomic mass is 35.5. The smallest absolute Gasteiger partial charge is 0.319 e. The standard InChI is InChI=1S/C20H23ClN2O2/c1-14-11-17(18(25-2)12-16(14)21)23-19(24)22-13-20(9-6-10-20)15-7-4-3-5-8-15/h3-5,7-8,11-12H,6,9-10,13H2,1-2H3,(H2,22,23,24). The van der Waals surface area contributed by atoms with Crippen LogP contribution in [0.3, 0.4) is 0 Å². The lowest BCUT2D eigenvalue weighted by Crippen LogP contribution is -2.46. The number of halogens is 1. The van der Waals surface area contributed by atoms with Gasteiger partial charge in [-0.2, -0.15) is 0 Å². The Balaban J connectivity index is 1.66. The van der Waals surface area contributed by atoms with E-state index in [9.17, 15) is 4.79 Å². The van der Waals surface area contributed by atoms with Gasteiger partial charge in [0.25, 0.3) is 0 Å². The third-order valence-corrected chi connectivity index (χ3v) is 5.42. The summed E-state index contributed by atoms with van der Waals surface area (Å²) in [5, 5.41) is 6.50. The molecule has 0 aromatic heterocycles. The highest BCUT2D eigenvalue weighted by Crippen LogP contribution is 2.43. The number of methoxy groups -OCH3 is 1. The van der Waals surface area contributed by atoms with Crippen LogP contribution in [0, 0.1) is 6.92 Å². The maximum atomic E-state index is 12.4. The van der Waals surface area contributed by atoms with E-state index in [4.69, 9.17) is 16.3 Å². The summed E-state index contributed by atoms with van der Waals surface area (Å²) in [6.07, 6.45) is 3.39. The average molecular weight is 359 g/mol. The summed E-state index contributed by atoms with van der Waals surface area (Å²) >= 11 is 6.11. The van der Waals surface area contributed by atoms with Crippen molar-refractivity contribution in [1.29, 1.82) is 0 Å². The highest BCUT2D eigenvalue weighted by molar-refractivity contribution is 6.31. The summed E-state index contributed by atoms with van der Waals surface area (Å²) in [7, 11) is 1.56. The maximum absolute atomic E-state index is 12.4. The van der Waals surface area contributed by atoms with Gasteiger partial charge in [0, 0.05) is 23.0 Å². The van der Waals surface area contributed by atoms with E-state index in [1.807, 2.05) is 19.1 Å². The van der Waals surface area contributed by atoms with Crippen LogP contribution < -0.4 is 15.4 Å². The van der Waals surface area contributed by atoms with Crippen molar-refractivity contribution in [1.82, 2.24) is 5.32 Å². The van der Waals surface area contributed by atoms with E-state index in [2.05, 4.69) is 34.9 Å². The summed E-state index contributed by atoms with van der Waals surface area (Å²) in [5.74, 6) is 0.548. The van der Waals surface area contributed by atoms with E-state index in [-0.39, 0.29) is 11.4 Å². The topological polar surface area (TPSA) is 50.4 Å². The van der Waals surface area contributed by atoms with Gasteiger partial charge in [0.15, 0.2) is 0 Å². The number of urea groups is 1. The van der Waals surface area contributed by atoms with Crippen LogP contribution in [0.5, 0.6) is 5.75 Å². The fourth-order valence-corrected chi connectivity index (χ4v) is 3.46. The summed E-state index contributed by atoms with van der Waals surface area (Å²) in [6, 6.07) is 13.7. The summed E-state index contributed by atoms with van der Waals surface area (Å²) < 4.78 is 5.30. The zero-order valence-electron chi connectivity index (χ0n) is 14.6. The molecule has 0 aliphatic heterocycles. The fraction of sp³-hybridized carbons (Fsp3) is 0.350. The molecule has 2 aromatic carbocycles. The van der Waals surface area contributed by atoms with Crippen LogP contribution in [0.15, 0.2) is 42.5 Å². The number of ether oxygens (including phenoxy) is 1. The number of amides is 2. The van der Waals surface area contributed by atoms with Gasteiger partial charge < -0.3 is 15.4 Å². The highest BCUT2D eigenvalue weighted by Gasteiger charge is 2.38. The van der Waals surface area contributed by atoms with Gasteiger partial charge in [-0.1, -0.05) is 48.4 Å². The molecule has 2 aromatic rings. The molecule has 4 nitrogen and oxygen atoms in total. The number of aryl methyl sites for hydroxylation is 1. The number of anilines is 1. The molecule has 0 spiro atoms. The van der Waals surface area contributed by atoms with Crippen molar-refractivity contribution in [3.8, 4) is 5.75 Å². The minimum Gasteiger partial charge on any atom is -0.495 e. The van der Waals surface area contributed by atoms with E-state index in [0.29, 0.717) is 23.0 Å². The van der Waals surface area contributed by atoms with Gasteiger partial charge in [-0.15, -0.1) is 0 Å². The summed E-state index contributed by atoms with van der Waals surface area (Å²) in [5.41, 5.74) is 2.85. The number of hydrogen-bond acceptors (Lipinski definition) is 2. The van der Waals surface area contributed by atoms with Crippen molar-refractivity contribution in [2.24, 2.45) is 0 Å². The van der Waals surface area contributed by atoms with Gasteiger partial charge in [-0.3, -0.25) is 0 Å². The molecule has 132 valence electrons. The van der Waals surface area contributed by atoms with Crippen molar-refractivity contribution in [3.63, 3.8) is 0 Å². The molecule has 0 heterocycles. The molecule has 0 unspecified atom stereocenters. The Labute approximate surface area is 153 Å². The van der Waals surface area contributed by atoms with Crippen molar-refractivity contribution in [2.45, 2.75) is 31.6 Å². The second kappa shape index (κ2) is 7.36. The van der Waals surface area contributed by atoms with Gasteiger partial charge in [0.1, 0.15) is 5.75 Å². The van der Waals surface area contributed by atoms with Crippen LogP contribution in [0.4, 0.5) is 10.5 Å². The van der Waals surface area contributed by atoms with Crippen molar-refractivity contribution in [2.75, 3.05) is 19.0 Å². The summed E-state index contributed by atoms with van der Waals surface area (Å²) in [6.45, 7) is 2.52. The zero-order chi connectivity index (χ0) is 17.9. The Hall–Kier alpha value is -2.20. The molecule has 2 N–H and O–H groups in total. The Kier molecular flexibility index (Phi) is 5.19. The van der Waals surface area contributed by atoms with Gasteiger partial charge in [0.2, 0.25) is 0 Å². The molecule has 0 atom stereocenters. The molecule has 25 heavy (non-hydrogen) atoms. The van der Waals surface area contributed by atoms with Crippen LogP contribution in [-0.4, -0.2) is 19.7 Å². The van der Waals surface area contributed by atoms with Crippen molar-refractivity contribution < 1.29 is 9.53 Å². The molecule has 5 heteroatoms. The Morgan fingerprint density at radius 3 is 2.56 bits per heavy atom. The number of rotatable bonds is 5. The number of benzene rings is 2. The molecule has 3 rings (SSSR count). The maximum Gasteiger partial charge on any atom is 0.319 e. The van der Waals surface area contributed by atoms with Gasteiger partial charge in [-0.05, 0) is 37.0 Å². The minimum absolute atomic E-state index is 0.0542. The number of carbonyl (C=O) groups excluding carboxylic acids is 1. The van der Waals surface area contributed by atoms with Gasteiger partial charge in [0.05, 0.1) is 12.8 Å².